The average molecular weight is 402 g/mol. The molecular weight excluding hydrogens is 378 g/mol. The Morgan fingerprint density at radius 2 is 1.77 bits per heavy atom. The Bertz CT molecular complexity index is 1280. The second kappa shape index (κ2) is 8.03. The first kappa shape index (κ1) is 19.7. The van der Waals surface area contributed by atoms with E-state index in [2.05, 4.69) is 24.5 Å². The predicted octanol–water partition coefficient (Wildman–Crippen LogP) is 4.72. The molecule has 30 heavy (non-hydrogen) atoms. The summed E-state index contributed by atoms with van der Waals surface area (Å²) >= 11 is 0. The van der Waals surface area contributed by atoms with Crippen LogP contribution in [0.1, 0.15) is 24.2 Å². The molecule has 1 N–H and O–H groups in total. The summed E-state index contributed by atoms with van der Waals surface area (Å²) in [5, 5.41) is 11.7. The Morgan fingerprint density at radius 1 is 1.00 bits per heavy atom. The SMILES string of the molecule is CC[N+](CC)=c1ccc2c(-c3ccccc3C(=O)O)c3cc(OC)ccc3oc-2c1. The van der Waals surface area contributed by atoms with Crippen molar-refractivity contribution in [1.82, 2.24) is 4.58 Å². The van der Waals surface area contributed by atoms with Gasteiger partial charge in [0, 0.05) is 22.6 Å². The largest absolute Gasteiger partial charge is 0.497 e. The van der Waals surface area contributed by atoms with Crippen molar-refractivity contribution in [3.05, 3.63) is 71.6 Å². The van der Waals surface area contributed by atoms with E-state index in [4.69, 9.17) is 9.15 Å². The molecule has 0 saturated heterocycles. The summed E-state index contributed by atoms with van der Waals surface area (Å²) < 4.78 is 13.9. The van der Waals surface area contributed by atoms with Gasteiger partial charge in [-0.25, -0.2) is 9.37 Å². The molecule has 0 spiro atoms. The molecule has 1 aliphatic carbocycles. The summed E-state index contributed by atoms with van der Waals surface area (Å²) in [4.78, 5) is 12.0. The van der Waals surface area contributed by atoms with Gasteiger partial charge in [0.1, 0.15) is 30.2 Å². The number of carboxylic acid groups (broad SMARTS) is 1. The lowest BCUT2D eigenvalue weighted by molar-refractivity contribution is 0.0697. The van der Waals surface area contributed by atoms with E-state index < -0.39 is 5.97 Å². The number of aromatic carboxylic acids is 1. The molecule has 0 unspecified atom stereocenters. The number of rotatable bonds is 5. The molecule has 5 heteroatoms. The minimum Gasteiger partial charge on any atom is -0.497 e. The van der Waals surface area contributed by atoms with Crippen LogP contribution < -0.4 is 14.7 Å². The number of methoxy groups -OCH3 is 1. The van der Waals surface area contributed by atoms with Gasteiger partial charge in [-0.15, -0.1) is 0 Å². The van der Waals surface area contributed by atoms with Crippen LogP contribution in [0.5, 0.6) is 5.75 Å². The third-order valence-electron chi connectivity index (χ3n) is 5.47. The topological polar surface area (TPSA) is 62.7 Å². The molecule has 1 heterocycles. The van der Waals surface area contributed by atoms with E-state index in [1.54, 1.807) is 19.2 Å². The van der Waals surface area contributed by atoms with Gasteiger partial charge < -0.3 is 14.3 Å². The highest BCUT2D eigenvalue weighted by atomic mass is 16.5. The molecule has 5 nitrogen and oxygen atoms in total. The first-order valence-corrected chi connectivity index (χ1v) is 10.0. The number of carbonyl (C=O) groups is 1. The van der Waals surface area contributed by atoms with Gasteiger partial charge >= 0.3 is 5.97 Å². The van der Waals surface area contributed by atoms with E-state index in [0.29, 0.717) is 22.7 Å². The van der Waals surface area contributed by atoms with E-state index in [9.17, 15) is 9.90 Å². The zero-order chi connectivity index (χ0) is 21.3. The van der Waals surface area contributed by atoms with Crippen molar-refractivity contribution in [2.45, 2.75) is 13.8 Å². The fraction of sp³-hybridized carbons (Fsp3) is 0.200. The number of fused-ring (bicyclic) bond motifs is 2. The summed E-state index contributed by atoms with van der Waals surface area (Å²) in [7, 11) is 1.61. The summed E-state index contributed by atoms with van der Waals surface area (Å²) in [6, 6.07) is 18.8. The maximum Gasteiger partial charge on any atom is 0.336 e. The fourth-order valence-corrected chi connectivity index (χ4v) is 3.95. The maximum absolute atomic E-state index is 12.0. The number of benzene rings is 3. The van der Waals surface area contributed by atoms with Crippen LogP contribution in [0.2, 0.25) is 0 Å². The van der Waals surface area contributed by atoms with Crippen molar-refractivity contribution in [2.75, 3.05) is 20.2 Å². The minimum atomic E-state index is -0.963. The standard InChI is InChI=1S/C25H23NO4/c1-4-26(5-2)16-10-12-20-23(14-16)30-22-13-11-17(29-3)15-21(22)24(20)18-8-6-7-9-19(18)25(27)28/h6-15H,4-5H2,1-3H3/p+1. The van der Waals surface area contributed by atoms with Crippen molar-refractivity contribution in [3.8, 4) is 28.2 Å². The molecule has 0 radical (unpaired) electrons. The molecule has 0 atom stereocenters. The zero-order valence-corrected chi connectivity index (χ0v) is 17.3. The molecule has 0 aromatic heterocycles. The van der Waals surface area contributed by atoms with Crippen molar-refractivity contribution in [1.29, 1.82) is 0 Å². The molecule has 1 aliphatic heterocycles. The summed E-state index contributed by atoms with van der Waals surface area (Å²) in [5.74, 6) is 0.438. The monoisotopic (exact) mass is 402 g/mol. The Labute approximate surface area is 174 Å². The number of ether oxygens (including phenoxy) is 1. The smallest absolute Gasteiger partial charge is 0.336 e. The molecule has 2 aliphatic rings. The lowest BCUT2D eigenvalue weighted by atomic mass is 9.90. The lowest BCUT2D eigenvalue weighted by Gasteiger charge is -2.17. The molecular formula is C25H24NO4+. The number of hydrogen-bond acceptors (Lipinski definition) is 3. The first-order valence-electron chi connectivity index (χ1n) is 10.0. The second-order valence-electron chi connectivity index (χ2n) is 7.04. The minimum absolute atomic E-state index is 0.252. The van der Waals surface area contributed by atoms with Crippen LogP contribution in [0.15, 0.2) is 65.1 Å². The third-order valence-corrected chi connectivity index (χ3v) is 5.47. The highest BCUT2D eigenvalue weighted by Crippen LogP contribution is 2.42. The van der Waals surface area contributed by atoms with Gasteiger partial charge in [0.2, 0.25) is 5.36 Å². The molecule has 152 valence electrons. The van der Waals surface area contributed by atoms with E-state index in [0.717, 1.165) is 35.0 Å². The van der Waals surface area contributed by atoms with Crippen LogP contribution in [-0.4, -0.2) is 31.3 Å². The van der Waals surface area contributed by atoms with Gasteiger partial charge in [-0.3, -0.25) is 0 Å². The van der Waals surface area contributed by atoms with Crippen LogP contribution in [0.4, 0.5) is 0 Å². The van der Waals surface area contributed by atoms with E-state index in [-0.39, 0.29) is 5.56 Å². The molecule has 0 bridgehead atoms. The Kier molecular flexibility index (Phi) is 5.27. The molecule has 2 aromatic rings. The zero-order valence-electron chi connectivity index (χ0n) is 17.3. The number of hydrogen-bond donors (Lipinski definition) is 1. The van der Waals surface area contributed by atoms with Crippen LogP contribution >= 0.6 is 0 Å². The Morgan fingerprint density at radius 3 is 2.47 bits per heavy atom. The fourth-order valence-electron chi connectivity index (χ4n) is 3.95. The summed E-state index contributed by atoms with van der Waals surface area (Å²) in [5.41, 5.74) is 3.27. The normalized spacial score (nSPS) is 11.0. The molecule has 0 amide bonds. The van der Waals surface area contributed by atoms with Gasteiger partial charge in [-0.1, -0.05) is 18.2 Å². The van der Waals surface area contributed by atoms with Crippen molar-refractivity contribution in [3.63, 3.8) is 0 Å². The van der Waals surface area contributed by atoms with Gasteiger partial charge in [-0.2, -0.15) is 0 Å². The van der Waals surface area contributed by atoms with Gasteiger partial charge in [0.05, 0.1) is 18.7 Å². The van der Waals surface area contributed by atoms with Crippen LogP contribution in [0, 0.1) is 0 Å². The van der Waals surface area contributed by atoms with Crippen molar-refractivity contribution >= 4 is 16.9 Å². The Balaban J connectivity index is 2.18. The van der Waals surface area contributed by atoms with Crippen molar-refractivity contribution < 1.29 is 19.1 Å². The number of nitrogens with zero attached hydrogens (tertiary/aromatic N) is 1. The quantitative estimate of drug-likeness (QED) is 0.387. The van der Waals surface area contributed by atoms with Crippen molar-refractivity contribution in [2.24, 2.45) is 0 Å². The predicted molar refractivity (Wildman–Crippen MR) is 118 cm³/mol. The van der Waals surface area contributed by atoms with E-state index in [1.165, 1.54) is 0 Å². The van der Waals surface area contributed by atoms with Gasteiger partial charge in [0.25, 0.3) is 0 Å². The highest BCUT2D eigenvalue weighted by molar-refractivity contribution is 6.07. The van der Waals surface area contributed by atoms with Gasteiger partial charge in [0.15, 0.2) is 0 Å². The van der Waals surface area contributed by atoms with E-state index >= 15 is 0 Å². The molecule has 0 fully saturated rings. The van der Waals surface area contributed by atoms with E-state index in [1.807, 2.05) is 42.5 Å². The Hall–Kier alpha value is -3.60. The summed E-state index contributed by atoms with van der Waals surface area (Å²) in [6.07, 6.45) is 0. The highest BCUT2D eigenvalue weighted by Gasteiger charge is 2.22. The van der Waals surface area contributed by atoms with Crippen LogP contribution in [0.25, 0.3) is 33.4 Å². The van der Waals surface area contributed by atoms with Crippen LogP contribution in [-0.2, 0) is 0 Å². The second-order valence-corrected chi connectivity index (χ2v) is 7.04. The third kappa shape index (κ3) is 3.32. The summed E-state index contributed by atoms with van der Waals surface area (Å²) in [6.45, 7) is 6.01. The molecule has 2 aromatic carbocycles. The maximum atomic E-state index is 12.0. The molecule has 0 saturated carbocycles. The van der Waals surface area contributed by atoms with Crippen LogP contribution in [0.3, 0.4) is 0 Å². The average Bonchev–Trinajstić information content (AvgIpc) is 2.77. The lowest BCUT2D eigenvalue weighted by Crippen LogP contribution is -2.29. The van der Waals surface area contributed by atoms with Gasteiger partial charge in [-0.05, 0) is 49.7 Å². The molecule has 4 rings (SSSR count). The number of carboxylic acids is 1. The first-order chi connectivity index (χ1) is 14.6.